The summed E-state index contributed by atoms with van der Waals surface area (Å²) in [6.45, 7) is 1.84. The standard InChI is InChI=1S/C13H14BrN3O2/c1-8-15-12(14)7-13(16-8)17-9-4-10(18-2)6-11(5-9)19-3/h4-7H,1-3H3,(H,15,16,17). The van der Waals surface area contributed by atoms with Gasteiger partial charge >= 0.3 is 0 Å². The number of anilines is 2. The van der Waals surface area contributed by atoms with Gasteiger partial charge in [0.1, 0.15) is 27.7 Å². The molecule has 1 heterocycles. The molecule has 100 valence electrons. The third-order valence-corrected chi connectivity index (χ3v) is 2.84. The lowest BCUT2D eigenvalue weighted by atomic mass is 10.2. The number of benzene rings is 1. The molecule has 19 heavy (non-hydrogen) atoms. The van der Waals surface area contributed by atoms with Gasteiger partial charge in [-0.15, -0.1) is 0 Å². The molecule has 1 aromatic carbocycles. The lowest BCUT2D eigenvalue weighted by Gasteiger charge is -2.10. The van der Waals surface area contributed by atoms with Crippen LogP contribution in [0.1, 0.15) is 5.82 Å². The first kappa shape index (κ1) is 13.6. The molecule has 1 aromatic heterocycles. The third kappa shape index (κ3) is 3.57. The molecule has 2 aromatic rings. The van der Waals surface area contributed by atoms with Crippen LogP contribution in [-0.4, -0.2) is 24.2 Å². The fourth-order valence-electron chi connectivity index (χ4n) is 1.62. The van der Waals surface area contributed by atoms with Gasteiger partial charge in [0, 0.05) is 30.0 Å². The Bertz CT molecular complexity index is 548. The minimum Gasteiger partial charge on any atom is -0.497 e. The van der Waals surface area contributed by atoms with Gasteiger partial charge in [-0.1, -0.05) is 0 Å². The zero-order valence-electron chi connectivity index (χ0n) is 10.9. The van der Waals surface area contributed by atoms with Crippen LogP contribution >= 0.6 is 15.9 Å². The second kappa shape index (κ2) is 5.88. The van der Waals surface area contributed by atoms with Crippen LogP contribution in [0.4, 0.5) is 11.5 Å². The number of nitrogens with one attached hydrogen (secondary N) is 1. The van der Waals surface area contributed by atoms with Crippen molar-refractivity contribution in [1.82, 2.24) is 9.97 Å². The van der Waals surface area contributed by atoms with Gasteiger partial charge in [-0.25, -0.2) is 9.97 Å². The Labute approximate surface area is 120 Å². The zero-order chi connectivity index (χ0) is 13.8. The van der Waals surface area contributed by atoms with E-state index >= 15 is 0 Å². The monoisotopic (exact) mass is 323 g/mol. The number of aryl methyl sites for hydroxylation is 1. The van der Waals surface area contributed by atoms with Crippen LogP contribution in [0.15, 0.2) is 28.9 Å². The summed E-state index contributed by atoms with van der Waals surface area (Å²) in [5.74, 6) is 2.82. The predicted octanol–water partition coefficient (Wildman–Crippen LogP) is 3.31. The van der Waals surface area contributed by atoms with E-state index in [1.54, 1.807) is 20.3 Å². The number of aromatic nitrogens is 2. The van der Waals surface area contributed by atoms with Gasteiger partial charge in [-0.2, -0.15) is 0 Å². The Kier molecular flexibility index (Phi) is 4.21. The molecular weight excluding hydrogens is 310 g/mol. The molecule has 0 aliphatic rings. The van der Waals surface area contributed by atoms with Gasteiger partial charge in [0.05, 0.1) is 14.2 Å². The average Bonchev–Trinajstić information content (AvgIpc) is 2.37. The van der Waals surface area contributed by atoms with E-state index in [-0.39, 0.29) is 0 Å². The summed E-state index contributed by atoms with van der Waals surface area (Å²) in [5, 5.41) is 3.19. The minimum absolute atomic E-state index is 0.687. The van der Waals surface area contributed by atoms with Crippen molar-refractivity contribution in [2.75, 3.05) is 19.5 Å². The number of rotatable bonds is 4. The molecule has 5 nitrogen and oxygen atoms in total. The van der Waals surface area contributed by atoms with Crippen LogP contribution < -0.4 is 14.8 Å². The molecule has 0 unspecified atom stereocenters. The van der Waals surface area contributed by atoms with Gasteiger partial charge in [0.15, 0.2) is 0 Å². The Morgan fingerprint density at radius 1 is 1.00 bits per heavy atom. The minimum atomic E-state index is 0.687. The van der Waals surface area contributed by atoms with Crippen molar-refractivity contribution >= 4 is 27.4 Å². The second-order valence-corrected chi connectivity index (χ2v) is 4.66. The third-order valence-electron chi connectivity index (χ3n) is 2.43. The number of ether oxygens (including phenoxy) is 2. The summed E-state index contributed by atoms with van der Waals surface area (Å²) >= 11 is 3.34. The summed E-state index contributed by atoms with van der Waals surface area (Å²) < 4.78 is 11.2. The summed E-state index contributed by atoms with van der Waals surface area (Å²) in [6, 6.07) is 7.35. The summed E-state index contributed by atoms with van der Waals surface area (Å²) in [6.07, 6.45) is 0. The Hall–Kier alpha value is -1.82. The van der Waals surface area contributed by atoms with Crippen molar-refractivity contribution in [2.24, 2.45) is 0 Å². The summed E-state index contributed by atoms with van der Waals surface area (Å²) in [4.78, 5) is 8.47. The molecule has 0 saturated heterocycles. The fraction of sp³-hybridized carbons (Fsp3) is 0.231. The van der Waals surface area contributed by atoms with Crippen molar-refractivity contribution in [3.8, 4) is 11.5 Å². The van der Waals surface area contributed by atoms with E-state index in [9.17, 15) is 0 Å². The van der Waals surface area contributed by atoms with Crippen LogP contribution in [0.3, 0.4) is 0 Å². The molecule has 0 amide bonds. The molecule has 0 bridgehead atoms. The maximum Gasteiger partial charge on any atom is 0.135 e. The molecule has 0 aliphatic heterocycles. The quantitative estimate of drug-likeness (QED) is 0.875. The zero-order valence-corrected chi connectivity index (χ0v) is 12.5. The van der Waals surface area contributed by atoms with Crippen molar-refractivity contribution in [3.63, 3.8) is 0 Å². The molecule has 0 fully saturated rings. The van der Waals surface area contributed by atoms with Crippen LogP contribution in [0.25, 0.3) is 0 Å². The molecule has 0 saturated carbocycles. The molecule has 6 heteroatoms. The van der Waals surface area contributed by atoms with Crippen LogP contribution in [0.5, 0.6) is 11.5 Å². The van der Waals surface area contributed by atoms with Crippen LogP contribution in [0, 0.1) is 6.92 Å². The van der Waals surface area contributed by atoms with Crippen molar-refractivity contribution in [2.45, 2.75) is 6.92 Å². The number of methoxy groups -OCH3 is 2. The summed E-state index contributed by atoms with van der Waals surface area (Å²) in [7, 11) is 3.23. The molecular formula is C13H14BrN3O2. The second-order valence-electron chi connectivity index (χ2n) is 3.85. The number of hydrogen-bond donors (Lipinski definition) is 1. The van der Waals surface area contributed by atoms with E-state index < -0.39 is 0 Å². The van der Waals surface area contributed by atoms with Crippen LogP contribution in [0.2, 0.25) is 0 Å². The predicted molar refractivity (Wildman–Crippen MR) is 77.3 cm³/mol. The molecule has 0 spiro atoms. The van der Waals surface area contributed by atoms with E-state index in [2.05, 4.69) is 31.2 Å². The molecule has 2 rings (SSSR count). The fourth-order valence-corrected chi connectivity index (χ4v) is 2.10. The van der Waals surface area contributed by atoms with E-state index in [4.69, 9.17) is 9.47 Å². The summed E-state index contributed by atoms with van der Waals surface area (Å²) in [5.41, 5.74) is 0.834. The Morgan fingerprint density at radius 2 is 1.63 bits per heavy atom. The van der Waals surface area contributed by atoms with Crippen LogP contribution in [-0.2, 0) is 0 Å². The van der Waals surface area contributed by atoms with E-state index in [0.29, 0.717) is 23.1 Å². The van der Waals surface area contributed by atoms with E-state index in [1.807, 2.05) is 25.1 Å². The van der Waals surface area contributed by atoms with E-state index in [1.165, 1.54) is 0 Å². The number of halogens is 1. The highest BCUT2D eigenvalue weighted by molar-refractivity contribution is 9.10. The smallest absolute Gasteiger partial charge is 0.135 e. The topological polar surface area (TPSA) is 56.3 Å². The lowest BCUT2D eigenvalue weighted by molar-refractivity contribution is 0.395. The maximum atomic E-state index is 5.22. The van der Waals surface area contributed by atoms with Crippen molar-refractivity contribution in [3.05, 3.63) is 34.7 Å². The SMILES string of the molecule is COc1cc(Nc2cc(Br)nc(C)n2)cc(OC)c1. The lowest BCUT2D eigenvalue weighted by Crippen LogP contribution is -1.98. The highest BCUT2D eigenvalue weighted by atomic mass is 79.9. The van der Waals surface area contributed by atoms with Crippen molar-refractivity contribution in [1.29, 1.82) is 0 Å². The normalized spacial score (nSPS) is 10.1. The maximum absolute atomic E-state index is 5.22. The average molecular weight is 324 g/mol. The van der Waals surface area contributed by atoms with Gasteiger partial charge in [-0.3, -0.25) is 0 Å². The highest BCUT2D eigenvalue weighted by Gasteiger charge is 2.04. The van der Waals surface area contributed by atoms with Gasteiger partial charge in [0.2, 0.25) is 0 Å². The first-order chi connectivity index (χ1) is 9.10. The van der Waals surface area contributed by atoms with Gasteiger partial charge < -0.3 is 14.8 Å². The Morgan fingerprint density at radius 3 is 2.16 bits per heavy atom. The number of nitrogens with zero attached hydrogens (tertiary/aromatic N) is 2. The van der Waals surface area contributed by atoms with Gasteiger partial charge in [-0.05, 0) is 22.9 Å². The molecule has 1 N–H and O–H groups in total. The van der Waals surface area contributed by atoms with E-state index in [0.717, 1.165) is 10.3 Å². The Balaban J connectivity index is 2.31. The molecule has 0 aliphatic carbocycles. The first-order valence-corrected chi connectivity index (χ1v) is 6.41. The van der Waals surface area contributed by atoms with Crippen molar-refractivity contribution < 1.29 is 9.47 Å². The largest absolute Gasteiger partial charge is 0.497 e. The molecule has 0 radical (unpaired) electrons. The first-order valence-electron chi connectivity index (χ1n) is 5.62. The van der Waals surface area contributed by atoms with Gasteiger partial charge in [0.25, 0.3) is 0 Å². The number of hydrogen-bond acceptors (Lipinski definition) is 5. The molecule has 0 atom stereocenters. The highest BCUT2D eigenvalue weighted by Crippen LogP contribution is 2.28.